The maximum Gasteiger partial charge on any atom is 0.0496 e. The average Bonchev–Trinajstić information content (AvgIpc) is 3.14. The summed E-state index contributed by atoms with van der Waals surface area (Å²) in [6.45, 7) is 6.81. The van der Waals surface area contributed by atoms with Crippen molar-refractivity contribution in [2.45, 2.75) is 64.2 Å². The molecule has 0 radical (unpaired) electrons. The Balaban J connectivity index is 1.09. The molecular weight excluding hydrogens is 591 g/mol. The fraction of sp³-hybridized carbons (Fsp3) is 0.208. The third-order valence-electron chi connectivity index (χ3n) is 11.1. The monoisotopic (exact) mass is 633 g/mol. The normalized spacial score (nSPS) is 14.3. The van der Waals surface area contributed by atoms with Gasteiger partial charge in [0.2, 0.25) is 0 Å². The van der Waals surface area contributed by atoms with Gasteiger partial charge < -0.3 is 4.90 Å². The van der Waals surface area contributed by atoms with Crippen LogP contribution in [0.4, 0.5) is 17.1 Å². The molecule has 7 aromatic carbocycles. The average molecular weight is 634 g/mol. The van der Waals surface area contributed by atoms with Gasteiger partial charge in [-0.3, -0.25) is 0 Å². The Labute approximate surface area is 290 Å². The van der Waals surface area contributed by atoms with E-state index in [4.69, 9.17) is 0 Å². The molecule has 0 atom stereocenters. The van der Waals surface area contributed by atoms with Crippen LogP contribution in [0.5, 0.6) is 0 Å². The van der Waals surface area contributed by atoms with Gasteiger partial charge in [0.15, 0.2) is 0 Å². The SMILES string of the molecule is CC(C)(C)c1ccc(-c2ccc3cc4c(cc3c2)-c2cc3ccc(N(c5ccccc5)c5ccccc5C5CCCCC5)cc3cc2-4)cc1. The lowest BCUT2D eigenvalue weighted by molar-refractivity contribution is 0.444. The Morgan fingerprint density at radius 3 is 1.71 bits per heavy atom. The van der Waals surface area contributed by atoms with Crippen LogP contribution in [0.25, 0.3) is 54.9 Å². The maximum absolute atomic E-state index is 2.48. The first-order chi connectivity index (χ1) is 23.9. The lowest BCUT2D eigenvalue weighted by Gasteiger charge is -2.32. The summed E-state index contributed by atoms with van der Waals surface area (Å²) in [4.78, 5) is 2.48. The molecule has 9 rings (SSSR count). The summed E-state index contributed by atoms with van der Waals surface area (Å²) in [7, 11) is 0. The van der Waals surface area contributed by atoms with E-state index >= 15 is 0 Å². The fourth-order valence-corrected chi connectivity index (χ4v) is 8.35. The summed E-state index contributed by atoms with van der Waals surface area (Å²) in [6, 6.07) is 52.7. The zero-order valence-electron chi connectivity index (χ0n) is 28.8. The Morgan fingerprint density at radius 1 is 0.469 bits per heavy atom. The van der Waals surface area contributed by atoms with E-state index < -0.39 is 0 Å². The highest BCUT2D eigenvalue weighted by atomic mass is 15.1. The molecule has 0 saturated heterocycles. The highest BCUT2D eigenvalue weighted by Gasteiger charge is 2.26. The van der Waals surface area contributed by atoms with Crippen LogP contribution in [0.2, 0.25) is 0 Å². The summed E-state index contributed by atoms with van der Waals surface area (Å²) in [5, 5.41) is 5.16. The number of anilines is 3. The number of benzene rings is 7. The molecule has 49 heavy (non-hydrogen) atoms. The van der Waals surface area contributed by atoms with E-state index in [-0.39, 0.29) is 5.41 Å². The third-order valence-corrected chi connectivity index (χ3v) is 11.1. The highest BCUT2D eigenvalue weighted by molar-refractivity contribution is 6.12. The summed E-state index contributed by atoms with van der Waals surface area (Å²) >= 11 is 0. The predicted molar refractivity (Wildman–Crippen MR) is 211 cm³/mol. The molecule has 0 N–H and O–H groups in total. The van der Waals surface area contributed by atoms with Crippen molar-refractivity contribution < 1.29 is 0 Å². The van der Waals surface area contributed by atoms with Crippen molar-refractivity contribution in [1.82, 2.24) is 0 Å². The van der Waals surface area contributed by atoms with Crippen LogP contribution in [0, 0.1) is 0 Å². The molecule has 0 bridgehead atoms. The molecule has 0 aliphatic heterocycles. The summed E-state index contributed by atoms with van der Waals surface area (Å²) < 4.78 is 0. The van der Waals surface area contributed by atoms with Crippen molar-refractivity contribution in [3.8, 4) is 33.4 Å². The topological polar surface area (TPSA) is 3.24 Å². The first-order valence-corrected chi connectivity index (χ1v) is 18.1. The fourth-order valence-electron chi connectivity index (χ4n) is 8.35. The Kier molecular flexibility index (Phi) is 7.20. The first kappa shape index (κ1) is 30.0. The molecule has 240 valence electrons. The number of fused-ring (bicyclic) bond motifs is 6. The van der Waals surface area contributed by atoms with Crippen molar-refractivity contribution in [2.75, 3.05) is 4.90 Å². The zero-order valence-corrected chi connectivity index (χ0v) is 28.8. The predicted octanol–water partition coefficient (Wildman–Crippen LogP) is 14.1. The van der Waals surface area contributed by atoms with Gasteiger partial charge in [0, 0.05) is 17.1 Å². The van der Waals surface area contributed by atoms with E-state index in [0.29, 0.717) is 5.92 Å². The minimum Gasteiger partial charge on any atom is -0.310 e. The van der Waals surface area contributed by atoms with Gasteiger partial charge in [-0.1, -0.05) is 119 Å². The van der Waals surface area contributed by atoms with E-state index in [1.165, 1.54) is 115 Å². The van der Waals surface area contributed by atoms with Crippen molar-refractivity contribution in [3.05, 3.63) is 151 Å². The number of nitrogens with zero attached hydrogens (tertiary/aromatic N) is 1. The van der Waals surface area contributed by atoms with Gasteiger partial charge in [-0.2, -0.15) is 0 Å². The summed E-state index contributed by atoms with van der Waals surface area (Å²) in [5.74, 6) is 0.618. The van der Waals surface area contributed by atoms with Crippen LogP contribution in [-0.2, 0) is 5.41 Å². The van der Waals surface area contributed by atoms with Gasteiger partial charge in [0.25, 0.3) is 0 Å². The molecule has 0 spiro atoms. The van der Waals surface area contributed by atoms with Crippen molar-refractivity contribution in [3.63, 3.8) is 0 Å². The molecule has 0 aromatic heterocycles. The molecule has 2 aliphatic rings. The van der Waals surface area contributed by atoms with Crippen LogP contribution < -0.4 is 4.90 Å². The van der Waals surface area contributed by atoms with E-state index in [2.05, 4.69) is 165 Å². The summed E-state index contributed by atoms with van der Waals surface area (Å²) in [5.41, 5.74) is 14.7. The largest absolute Gasteiger partial charge is 0.310 e. The number of hydrogen-bond donors (Lipinski definition) is 0. The molecule has 0 amide bonds. The van der Waals surface area contributed by atoms with Gasteiger partial charge in [0.1, 0.15) is 0 Å². The molecule has 7 aromatic rings. The zero-order chi connectivity index (χ0) is 33.1. The second-order valence-corrected chi connectivity index (χ2v) is 15.3. The molecular formula is C48H43N. The molecule has 0 heterocycles. The first-order valence-electron chi connectivity index (χ1n) is 18.1. The van der Waals surface area contributed by atoms with Crippen molar-refractivity contribution >= 4 is 38.6 Å². The molecule has 1 heteroatoms. The van der Waals surface area contributed by atoms with Crippen LogP contribution in [0.1, 0.15) is 69.9 Å². The molecule has 1 fully saturated rings. The summed E-state index contributed by atoms with van der Waals surface area (Å²) in [6.07, 6.45) is 6.58. The van der Waals surface area contributed by atoms with Crippen LogP contribution in [0.3, 0.4) is 0 Å². The van der Waals surface area contributed by atoms with Gasteiger partial charge >= 0.3 is 0 Å². The van der Waals surface area contributed by atoms with E-state index in [0.717, 1.165) is 0 Å². The maximum atomic E-state index is 2.48. The number of hydrogen-bond acceptors (Lipinski definition) is 1. The smallest absolute Gasteiger partial charge is 0.0496 e. The molecule has 0 unspecified atom stereocenters. The van der Waals surface area contributed by atoms with Crippen LogP contribution >= 0.6 is 0 Å². The second-order valence-electron chi connectivity index (χ2n) is 15.3. The second kappa shape index (κ2) is 11.8. The molecule has 2 aliphatic carbocycles. The van der Waals surface area contributed by atoms with Gasteiger partial charge in [-0.15, -0.1) is 0 Å². The minimum atomic E-state index is 0.157. The van der Waals surface area contributed by atoms with Crippen molar-refractivity contribution in [2.24, 2.45) is 0 Å². The van der Waals surface area contributed by atoms with Gasteiger partial charge in [-0.25, -0.2) is 0 Å². The van der Waals surface area contributed by atoms with E-state index in [9.17, 15) is 0 Å². The standard InChI is InChI=1S/C48H43N/c1-48(2,3)39-23-20-32(21-24-39)34-18-19-35-28-43-45(30-37(35)26-34)44-29-36-22-25-41(27-38(36)31-46(43)44)49(40-14-8-5-9-15-40)47-17-11-10-16-42(47)33-12-6-4-7-13-33/h5,8-11,14-31,33H,4,6-7,12-13H2,1-3H3. The quantitative estimate of drug-likeness (QED) is 0.182. The Hall–Kier alpha value is -5.14. The van der Waals surface area contributed by atoms with Gasteiger partial charge in [-0.05, 0) is 151 Å². The highest BCUT2D eigenvalue weighted by Crippen LogP contribution is 2.51. The van der Waals surface area contributed by atoms with E-state index in [1.807, 2.05) is 0 Å². The Bertz CT molecular complexity index is 2330. The molecule has 1 saturated carbocycles. The number of para-hydroxylation sites is 2. The Morgan fingerprint density at radius 2 is 1.04 bits per heavy atom. The third kappa shape index (κ3) is 5.33. The van der Waals surface area contributed by atoms with Crippen LogP contribution in [0.15, 0.2) is 140 Å². The molecule has 1 nitrogen and oxygen atoms in total. The minimum absolute atomic E-state index is 0.157. The van der Waals surface area contributed by atoms with Crippen molar-refractivity contribution in [1.29, 1.82) is 0 Å². The van der Waals surface area contributed by atoms with Crippen LogP contribution in [-0.4, -0.2) is 0 Å². The lowest BCUT2D eigenvalue weighted by Crippen LogP contribution is -2.15. The van der Waals surface area contributed by atoms with E-state index in [1.54, 1.807) is 0 Å². The number of rotatable bonds is 5. The van der Waals surface area contributed by atoms with Gasteiger partial charge in [0.05, 0.1) is 0 Å². The lowest BCUT2D eigenvalue weighted by atomic mass is 9.77.